The van der Waals surface area contributed by atoms with Gasteiger partial charge in [-0.1, -0.05) is 18.5 Å². The van der Waals surface area contributed by atoms with Gasteiger partial charge in [-0.2, -0.15) is 5.10 Å². The van der Waals surface area contributed by atoms with Crippen LogP contribution in [0.4, 0.5) is 0 Å². The number of carboxylic acid groups (broad SMARTS) is 1. The second kappa shape index (κ2) is 5.92. The van der Waals surface area contributed by atoms with Crippen molar-refractivity contribution in [3.05, 3.63) is 16.4 Å². The van der Waals surface area contributed by atoms with Crippen LogP contribution in [0.1, 0.15) is 39.1 Å². The van der Waals surface area contributed by atoms with E-state index in [1.54, 1.807) is 4.68 Å². The smallest absolute Gasteiger partial charge is 0.317 e. The van der Waals surface area contributed by atoms with E-state index in [0.29, 0.717) is 11.6 Å². The van der Waals surface area contributed by atoms with Gasteiger partial charge in [-0.15, -0.1) is 0 Å². The van der Waals surface area contributed by atoms with Crippen molar-refractivity contribution in [1.29, 1.82) is 0 Å². The molecular weight excluding hydrogens is 266 g/mol. The van der Waals surface area contributed by atoms with Crippen LogP contribution < -0.4 is 0 Å². The van der Waals surface area contributed by atoms with Crippen LogP contribution in [0.5, 0.6) is 0 Å². The molecule has 5 nitrogen and oxygen atoms in total. The van der Waals surface area contributed by atoms with E-state index in [9.17, 15) is 4.79 Å². The first-order valence-corrected chi connectivity index (χ1v) is 6.71. The maximum absolute atomic E-state index is 11.0. The molecular formula is C13H22ClN3O2. The van der Waals surface area contributed by atoms with Crippen molar-refractivity contribution in [1.82, 2.24) is 14.7 Å². The minimum atomic E-state index is -0.844. The molecule has 1 aromatic rings. The molecule has 0 bridgehead atoms. The Labute approximate surface area is 119 Å². The predicted molar refractivity (Wildman–Crippen MR) is 75.4 cm³/mol. The van der Waals surface area contributed by atoms with Gasteiger partial charge < -0.3 is 5.11 Å². The summed E-state index contributed by atoms with van der Waals surface area (Å²) in [5.41, 5.74) is 1.45. The molecule has 0 saturated carbocycles. The summed E-state index contributed by atoms with van der Waals surface area (Å²) in [6.45, 7) is 8.41. The van der Waals surface area contributed by atoms with E-state index >= 15 is 0 Å². The Morgan fingerprint density at radius 1 is 1.47 bits per heavy atom. The molecule has 0 atom stereocenters. The number of aryl methyl sites for hydroxylation is 2. The fourth-order valence-electron chi connectivity index (χ4n) is 1.87. The fourth-order valence-corrected chi connectivity index (χ4v) is 2.22. The molecule has 0 aliphatic rings. The van der Waals surface area contributed by atoms with Crippen LogP contribution >= 0.6 is 11.6 Å². The molecule has 0 aromatic carbocycles. The van der Waals surface area contributed by atoms with Crippen LogP contribution in [-0.4, -0.2) is 37.8 Å². The zero-order valence-electron chi connectivity index (χ0n) is 12.2. The third kappa shape index (κ3) is 3.94. The Morgan fingerprint density at radius 2 is 2.05 bits per heavy atom. The molecule has 1 aromatic heterocycles. The number of hydrogen-bond donors (Lipinski definition) is 1. The summed E-state index contributed by atoms with van der Waals surface area (Å²) in [6, 6.07) is 0. The van der Waals surface area contributed by atoms with Gasteiger partial charge in [0.1, 0.15) is 0 Å². The molecule has 108 valence electrons. The van der Waals surface area contributed by atoms with Gasteiger partial charge in [-0.3, -0.25) is 14.4 Å². The Kier molecular flexibility index (Phi) is 4.98. The van der Waals surface area contributed by atoms with E-state index in [2.05, 4.69) is 5.10 Å². The number of aromatic nitrogens is 2. The zero-order chi connectivity index (χ0) is 14.8. The van der Waals surface area contributed by atoms with Gasteiger partial charge in [0.2, 0.25) is 0 Å². The molecule has 0 fully saturated rings. The van der Waals surface area contributed by atoms with Gasteiger partial charge >= 0.3 is 5.97 Å². The van der Waals surface area contributed by atoms with E-state index < -0.39 is 5.97 Å². The van der Waals surface area contributed by atoms with Crippen LogP contribution in [0.3, 0.4) is 0 Å². The minimum absolute atomic E-state index is 0.0214. The average molecular weight is 288 g/mol. The van der Waals surface area contributed by atoms with E-state index in [0.717, 1.165) is 17.8 Å². The van der Waals surface area contributed by atoms with Gasteiger partial charge in [-0.25, -0.2) is 0 Å². The molecule has 0 spiro atoms. The first-order valence-electron chi connectivity index (χ1n) is 6.33. The van der Waals surface area contributed by atoms with E-state index in [4.69, 9.17) is 16.7 Å². The van der Waals surface area contributed by atoms with E-state index in [-0.39, 0.29) is 12.1 Å². The van der Waals surface area contributed by atoms with Gasteiger partial charge in [-0.05, 0) is 27.2 Å². The van der Waals surface area contributed by atoms with Crippen LogP contribution in [0.25, 0.3) is 0 Å². The van der Waals surface area contributed by atoms with Crippen molar-refractivity contribution in [2.75, 3.05) is 6.54 Å². The number of carboxylic acids is 1. The van der Waals surface area contributed by atoms with Crippen LogP contribution in [0.15, 0.2) is 0 Å². The largest absolute Gasteiger partial charge is 0.480 e. The maximum atomic E-state index is 11.0. The highest BCUT2D eigenvalue weighted by Gasteiger charge is 2.26. The number of rotatable bonds is 5. The van der Waals surface area contributed by atoms with Crippen LogP contribution in [0, 0.1) is 0 Å². The average Bonchev–Trinajstić information content (AvgIpc) is 2.53. The predicted octanol–water partition coefficient (Wildman–Crippen LogP) is 2.32. The molecule has 0 aliphatic carbocycles. The van der Waals surface area contributed by atoms with Gasteiger partial charge in [0.25, 0.3) is 0 Å². The van der Waals surface area contributed by atoms with Crippen molar-refractivity contribution in [3.63, 3.8) is 0 Å². The molecule has 0 saturated heterocycles. The van der Waals surface area contributed by atoms with Crippen molar-refractivity contribution in [3.8, 4) is 0 Å². The molecule has 0 amide bonds. The molecule has 1 heterocycles. The van der Waals surface area contributed by atoms with Crippen LogP contribution in [0.2, 0.25) is 5.02 Å². The molecule has 0 radical (unpaired) electrons. The van der Waals surface area contributed by atoms with Gasteiger partial charge in [0, 0.05) is 19.1 Å². The van der Waals surface area contributed by atoms with Crippen LogP contribution in [-0.2, 0) is 24.8 Å². The van der Waals surface area contributed by atoms with Crippen molar-refractivity contribution < 1.29 is 9.90 Å². The summed E-state index contributed by atoms with van der Waals surface area (Å²) in [4.78, 5) is 12.9. The first-order chi connectivity index (χ1) is 8.66. The third-order valence-corrected chi connectivity index (χ3v) is 3.55. The SMILES string of the molecule is CCc1nn(C)c(CN(CC(=O)O)C(C)(C)C)c1Cl. The Hall–Kier alpha value is -1.07. The highest BCUT2D eigenvalue weighted by Crippen LogP contribution is 2.25. The topological polar surface area (TPSA) is 58.4 Å². The van der Waals surface area contributed by atoms with Gasteiger partial charge in [0.15, 0.2) is 0 Å². The number of halogens is 1. The molecule has 1 rings (SSSR count). The normalized spacial score (nSPS) is 12.2. The van der Waals surface area contributed by atoms with Gasteiger partial charge in [0.05, 0.1) is 23.0 Å². The molecule has 6 heteroatoms. The third-order valence-electron chi connectivity index (χ3n) is 3.12. The maximum Gasteiger partial charge on any atom is 0.317 e. The minimum Gasteiger partial charge on any atom is -0.480 e. The summed E-state index contributed by atoms with van der Waals surface area (Å²) < 4.78 is 1.74. The Bertz CT molecular complexity index is 463. The first kappa shape index (κ1) is 16.0. The molecule has 0 aliphatic heterocycles. The van der Waals surface area contributed by atoms with Crippen molar-refractivity contribution in [2.24, 2.45) is 7.05 Å². The lowest BCUT2D eigenvalue weighted by atomic mass is 10.1. The summed E-state index contributed by atoms with van der Waals surface area (Å²) in [7, 11) is 1.84. The van der Waals surface area contributed by atoms with E-state index in [1.165, 1.54) is 0 Å². The summed E-state index contributed by atoms with van der Waals surface area (Å²) in [6.07, 6.45) is 0.765. The lowest BCUT2D eigenvalue weighted by molar-refractivity contribution is -0.140. The summed E-state index contributed by atoms with van der Waals surface area (Å²) in [5, 5.41) is 14.0. The Balaban J connectivity index is 3.03. The summed E-state index contributed by atoms with van der Waals surface area (Å²) >= 11 is 6.30. The van der Waals surface area contributed by atoms with Crippen molar-refractivity contribution >= 4 is 17.6 Å². The number of aliphatic carboxylic acids is 1. The number of nitrogens with zero attached hydrogens (tertiary/aromatic N) is 3. The molecule has 1 N–H and O–H groups in total. The monoisotopic (exact) mass is 287 g/mol. The van der Waals surface area contributed by atoms with E-state index in [1.807, 2.05) is 39.6 Å². The second-order valence-electron chi connectivity index (χ2n) is 5.61. The molecule has 0 unspecified atom stereocenters. The highest BCUT2D eigenvalue weighted by molar-refractivity contribution is 6.31. The second-order valence-corrected chi connectivity index (χ2v) is 5.98. The Morgan fingerprint density at radius 3 is 2.42 bits per heavy atom. The quantitative estimate of drug-likeness (QED) is 0.903. The fraction of sp³-hybridized carbons (Fsp3) is 0.692. The summed E-state index contributed by atoms with van der Waals surface area (Å²) in [5.74, 6) is -0.844. The molecule has 19 heavy (non-hydrogen) atoms. The number of hydrogen-bond acceptors (Lipinski definition) is 3. The lowest BCUT2D eigenvalue weighted by Crippen LogP contribution is -2.44. The number of carbonyl (C=O) groups is 1. The standard InChI is InChI=1S/C13H22ClN3O2/c1-6-9-12(14)10(16(5)15-9)7-17(8-11(18)19)13(2,3)4/h6-8H2,1-5H3,(H,18,19). The van der Waals surface area contributed by atoms with Crippen molar-refractivity contribution in [2.45, 2.75) is 46.2 Å². The lowest BCUT2D eigenvalue weighted by Gasteiger charge is -2.34. The highest BCUT2D eigenvalue weighted by atomic mass is 35.5. The zero-order valence-corrected chi connectivity index (χ0v) is 13.0.